The van der Waals surface area contributed by atoms with Crippen molar-refractivity contribution in [1.82, 2.24) is 4.90 Å². The fourth-order valence-electron chi connectivity index (χ4n) is 3.54. The van der Waals surface area contributed by atoms with Crippen molar-refractivity contribution < 1.29 is 23.5 Å². The van der Waals surface area contributed by atoms with Crippen LogP contribution >= 0.6 is 11.6 Å². The molecule has 3 rings (SSSR count). The van der Waals surface area contributed by atoms with Crippen LogP contribution in [0.5, 0.6) is 5.75 Å². The first-order valence-electron chi connectivity index (χ1n) is 10.5. The minimum absolute atomic E-state index is 0.0212. The van der Waals surface area contributed by atoms with Gasteiger partial charge >= 0.3 is 6.09 Å². The molecule has 2 aromatic rings. The fraction of sp³-hybridized carbons (Fsp3) is 0.417. The molecule has 32 heavy (non-hydrogen) atoms. The lowest BCUT2D eigenvalue weighted by Crippen LogP contribution is -2.49. The van der Waals surface area contributed by atoms with Crippen molar-refractivity contribution in [3.8, 4) is 5.75 Å². The van der Waals surface area contributed by atoms with Crippen molar-refractivity contribution in [2.45, 2.75) is 58.3 Å². The number of hydrogen-bond donors (Lipinski definition) is 1. The molecular weight excluding hydrogens is 435 g/mol. The van der Waals surface area contributed by atoms with Crippen LogP contribution in [0.4, 0.5) is 14.9 Å². The number of halogens is 2. The number of rotatable bonds is 4. The molecule has 8 heteroatoms. The molecule has 0 spiro atoms. The molecule has 1 aliphatic heterocycles. The lowest BCUT2D eigenvalue weighted by Gasteiger charge is -2.38. The molecule has 0 saturated carbocycles. The van der Waals surface area contributed by atoms with Crippen molar-refractivity contribution >= 4 is 29.3 Å². The van der Waals surface area contributed by atoms with Gasteiger partial charge in [0.15, 0.2) is 0 Å². The highest BCUT2D eigenvalue weighted by molar-refractivity contribution is 6.34. The highest BCUT2D eigenvalue weighted by Crippen LogP contribution is 2.27. The highest BCUT2D eigenvalue weighted by atomic mass is 35.5. The first-order valence-corrected chi connectivity index (χ1v) is 10.9. The summed E-state index contributed by atoms with van der Waals surface area (Å²) in [5.74, 6) is -0.337. The molecule has 172 valence electrons. The standard InChI is InChI=1S/C24H28ClFN2O4/c1-15-12-19(10-11-28(15)23(30)32-24(2,3)4)31-18-7-5-6-17(14-18)27-22(29)20-9-8-16(26)13-21(20)25/h5-9,13-15,19H,10-12H2,1-4H3,(H,27,29)/t15-,19-/m1/s1. The summed E-state index contributed by atoms with van der Waals surface area (Å²) >= 11 is 5.97. The van der Waals surface area contributed by atoms with Gasteiger partial charge in [0, 0.05) is 37.2 Å². The van der Waals surface area contributed by atoms with E-state index in [1.165, 1.54) is 12.1 Å². The number of anilines is 1. The number of hydrogen-bond acceptors (Lipinski definition) is 4. The molecule has 1 N–H and O–H groups in total. The Morgan fingerprint density at radius 3 is 2.59 bits per heavy atom. The van der Waals surface area contributed by atoms with Gasteiger partial charge in [-0.05, 0) is 58.0 Å². The Labute approximate surface area is 192 Å². The van der Waals surface area contributed by atoms with Gasteiger partial charge in [0.05, 0.1) is 10.6 Å². The van der Waals surface area contributed by atoms with Crippen molar-refractivity contribution in [1.29, 1.82) is 0 Å². The Kier molecular flexibility index (Phi) is 7.29. The Morgan fingerprint density at radius 2 is 1.94 bits per heavy atom. The summed E-state index contributed by atoms with van der Waals surface area (Å²) in [6.45, 7) is 8.06. The van der Waals surface area contributed by atoms with Crippen molar-refractivity contribution in [2.75, 3.05) is 11.9 Å². The molecule has 0 aromatic heterocycles. The van der Waals surface area contributed by atoms with E-state index >= 15 is 0 Å². The lowest BCUT2D eigenvalue weighted by atomic mass is 10.0. The molecule has 6 nitrogen and oxygen atoms in total. The molecule has 1 aliphatic rings. The number of amides is 2. The second-order valence-electron chi connectivity index (χ2n) is 8.89. The maximum atomic E-state index is 13.2. The Bertz CT molecular complexity index is 992. The van der Waals surface area contributed by atoms with E-state index in [1.54, 1.807) is 23.1 Å². The molecule has 0 radical (unpaired) electrons. The molecule has 2 amide bonds. The van der Waals surface area contributed by atoms with Gasteiger partial charge in [-0.15, -0.1) is 0 Å². The van der Waals surface area contributed by atoms with E-state index in [2.05, 4.69) is 5.32 Å². The summed E-state index contributed by atoms with van der Waals surface area (Å²) in [4.78, 5) is 26.6. The highest BCUT2D eigenvalue weighted by Gasteiger charge is 2.32. The lowest BCUT2D eigenvalue weighted by molar-refractivity contribution is -0.00102. The number of ether oxygens (including phenoxy) is 2. The van der Waals surface area contributed by atoms with E-state index in [4.69, 9.17) is 21.1 Å². The zero-order valence-corrected chi connectivity index (χ0v) is 19.4. The van der Waals surface area contributed by atoms with Crippen LogP contribution in [0.1, 0.15) is 50.9 Å². The van der Waals surface area contributed by atoms with Crippen molar-refractivity contribution in [3.05, 3.63) is 58.9 Å². The zero-order valence-electron chi connectivity index (χ0n) is 18.7. The number of benzene rings is 2. The third-order valence-corrected chi connectivity index (χ3v) is 5.34. The van der Waals surface area contributed by atoms with E-state index in [1.807, 2.05) is 33.8 Å². The smallest absolute Gasteiger partial charge is 0.410 e. The molecular formula is C24H28ClFN2O4. The molecule has 2 atom stereocenters. The number of nitrogens with one attached hydrogen (secondary N) is 1. The van der Waals surface area contributed by atoms with E-state index < -0.39 is 17.3 Å². The van der Waals surface area contributed by atoms with Gasteiger partial charge in [-0.2, -0.15) is 0 Å². The zero-order chi connectivity index (χ0) is 23.5. The Hall–Kier alpha value is -2.80. The summed E-state index contributed by atoms with van der Waals surface area (Å²) in [5, 5.41) is 2.80. The summed E-state index contributed by atoms with van der Waals surface area (Å²) in [7, 11) is 0. The summed E-state index contributed by atoms with van der Waals surface area (Å²) in [6.07, 6.45) is 0.959. The SMILES string of the molecule is C[C@@H]1C[C@H](Oc2cccc(NC(=O)c3ccc(F)cc3Cl)c2)CCN1C(=O)OC(C)(C)C. The van der Waals surface area contributed by atoms with Gasteiger partial charge in [0.1, 0.15) is 23.3 Å². The number of piperidine rings is 1. The number of nitrogens with zero attached hydrogens (tertiary/aromatic N) is 1. The van der Waals surface area contributed by atoms with Crippen LogP contribution < -0.4 is 10.1 Å². The number of carbonyl (C=O) groups is 2. The van der Waals surface area contributed by atoms with Crippen LogP contribution in [-0.2, 0) is 4.74 Å². The van der Waals surface area contributed by atoms with Crippen LogP contribution in [0, 0.1) is 5.82 Å². The van der Waals surface area contributed by atoms with E-state index in [0.29, 0.717) is 30.8 Å². The molecule has 0 aliphatic carbocycles. The van der Waals surface area contributed by atoms with Crippen LogP contribution in [0.15, 0.2) is 42.5 Å². The maximum Gasteiger partial charge on any atom is 0.410 e. The topological polar surface area (TPSA) is 67.9 Å². The average Bonchev–Trinajstić information content (AvgIpc) is 2.66. The molecule has 2 aromatic carbocycles. The van der Waals surface area contributed by atoms with Gasteiger partial charge in [-0.1, -0.05) is 17.7 Å². The predicted molar refractivity (Wildman–Crippen MR) is 122 cm³/mol. The van der Waals surface area contributed by atoms with Crippen LogP contribution in [0.3, 0.4) is 0 Å². The van der Waals surface area contributed by atoms with Crippen LogP contribution in [0.25, 0.3) is 0 Å². The first kappa shape index (κ1) is 23.9. The van der Waals surface area contributed by atoms with Gasteiger partial charge < -0.3 is 19.7 Å². The molecule has 1 fully saturated rings. The second-order valence-corrected chi connectivity index (χ2v) is 9.30. The Morgan fingerprint density at radius 1 is 1.19 bits per heavy atom. The second kappa shape index (κ2) is 9.77. The van der Waals surface area contributed by atoms with Gasteiger partial charge in [0.2, 0.25) is 0 Å². The summed E-state index contributed by atoms with van der Waals surface area (Å²) < 4.78 is 24.8. The van der Waals surface area contributed by atoms with E-state index in [-0.39, 0.29) is 28.8 Å². The third-order valence-electron chi connectivity index (χ3n) is 5.03. The summed E-state index contributed by atoms with van der Waals surface area (Å²) in [5.41, 5.74) is 0.183. The molecule has 0 bridgehead atoms. The predicted octanol–water partition coefficient (Wildman–Crippen LogP) is 5.90. The van der Waals surface area contributed by atoms with Gasteiger partial charge in [-0.3, -0.25) is 4.79 Å². The third kappa shape index (κ3) is 6.36. The minimum Gasteiger partial charge on any atom is -0.490 e. The molecule has 0 unspecified atom stereocenters. The average molecular weight is 463 g/mol. The van der Waals surface area contributed by atoms with Crippen LogP contribution in [-0.4, -0.2) is 41.2 Å². The minimum atomic E-state index is -0.535. The van der Waals surface area contributed by atoms with Crippen molar-refractivity contribution in [3.63, 3.8) is 0 Å². The van der Waals surface area contributed by atoms with E-state index in [0.717, 1.165) is 6.07 Å². The van der Waals surface area contributed by atoms with Crippen LogP contribution in [0.2, 0.25) is 5.02 Å². The fourth-order valence-corrected chi connectivity index (χ4v) is 3.79. The first-order chi connectivity index (χ1) is 15.0. The maximum absolute atomic E-state index is 13.2. The Balaban J connectivity index is 1.59. The number of carbonyl (C=O) groups excluding carboxylic acids is 2. The quantitative estimate of drug-likeness (QED) is 0.614. The normalized spacial score (nSPS) is 18.8. The molecule has 1 saturated heterocycles. The summed E-state index contributed by atoms with van der Waals surface area (Å²) in [6, 6.07) is 10.6. The largest absolute Gasteiger partial charge is 0.490 e. The van der Waals surface area contributed by atoms with Gasteiger partial charge in [0.25, 0.3) is 5.91 Å². The van der Waals surface area contributed by atoms with Crippen molar-refractivity contribution in [2.24, 2.45) is 0 Å². The number of likely N-dealkylation sites (tertiary alicyclic amines) is 1. The van der Waals surface area contributed by atoms with E-state index in [9.17, 15) is 14.0 Å². The molecule has 1 heterocycles. The van der Waals surface area contributed by atoms with Gasteiger partial charge in [-0.25, -0.2) is 9.18 Å². The monoisotopic (exact) mass is 462 g/mol.